The molecule has 2 rings (SSSR count). The molecule has 1 saturated heterocycles. The van der Waals surface area contributed by atoms with Gasteiger partial charge in [0.15, 0.2) is 0 Å². The highest BCUT2D eigenvalue weighted by Gasteiger charge is 2.51. The second-order valence-electron chi connectivity index (χ2n) is 2.99. The fourth-order valence-corrected chi connectivity index (χ4v) is 1.81. The van der Waals surface area contributed by atoms with Gasteiger partial charge in [0.05, 0.1) is 6.10 Å². The summed E-state index contributed by atoms with van der Waals surface area (Å²) in [5.41, 5.74) is 0. The van der Waals surface area contributed by atoms with E-state index in [1.165, 1.54) is 12.8 Å². The number of ether oxygens (including phenoxy) is 1. The van der Waals surface area contributed by atoms with E-state index in [2.05, 4.69) is 0 Å². The summed E-state index contributed by atoms with van der Waals surface area (Å²) in [6.45, 7) is 1.24. The molecule has 0 amide bonds. The minimum absolute atomic E-state index is 0.329. The molecule has 2 nitrogen and oxygen atoms in total. The highest BCUT2D eigenvalue weighted by molar-refractivity contribution is 4.99. The number of aliphatic hydroxyl groups is 1. The summed E-state index contributed by atoms with van der Waals surface area (Å²) < 4.78 is 5.40. The van der Waals surface area contributed by atoms with Gasteiger partial charge in [0.2, 0.25) is 0 Å². The second-order valence-corrected chi connectivity index (χ2v) is 2.99. The molecule has 0 aromatic rings. The van der Waals surface area contributed by atoms with E-state index in [1.54, 1.807) is 0 Å². The zero-order valence-corrected chi connectivity index (χ0v) is 5.42. The Morgan fingerprint density at radius 2 is 2.44 bits per heavy atom. The predicted octanol–water partition coefficient (Wildman–Crippen LogP) is 0.404. The fourth-order valence-electron chi connectivity index (χ4n) is 1.81. The summed E-state index contributed by atoms with van der Waals surface area (Å²) in [6.07, 6.45) is 2.90. The van der Waals surface area contributed by atoms with E-state index in [1.807, 2.05) is 0 Å². The van der Waals surface area contributed by atoms with Crippen LogP contribution >= 0.6 is 0 Å². The first kappa shape index (κ1) is 5.69. The minimum Gasteiger partial charge on any atom is -0.396 e. The Labute approximate surface area is 54.8 Å². The monoisotopic (exact) mass is 128 g/mol. The first-order valence-corrected chi connectivity index (χ1v) is 3.66. The van der Waals surface area contributed by atoms with Crippen molar-refractivity contribution >= 4 is 0 Å². The van der Waals surface area contributed by atoms with Gasteiger partial charge >= 0.3 is 0 Å². The van der Waals surface area contributed by atoms with E-state index in [0.717, 1.165) is 6.61 Å². The van der Waals surface area contributed by atoms with Crippen LogP contribution in [0.15, 0.2) is 0 Å². The van der Waals surface area contributed by atoms with Gasteiger partial charge in [0, 0.05) is 19.1 Å². The lowest BCUT2D eigenvalue weighted by Gasteiger charge is -2.07. The molecule has 0 bridgehead atoms. The van der Waals surface area contributed by atoms with E-state index in [-0.39, 0.29) is 0 Å². The summed E-state index contributed by atoms with van der Waals surface area (Å²) in [4.78, 5) is 0. The zero-order chi connectivity index (χ0) is 6.27. The highest BCUT2D eigenvalue weighted by Crippen LogP contribution is 2.47. The van der Waals surface area contributed by atoms with Crippen LogP contribution in [0.3, 0.4) is 0 Å². The van der Waals surface area contributed by atoms with Gasteiger partial charge in [-0.25, -0.2) is 0 Å². The van der Waals surface area contributed by atoms with E-state index >= 15 is 0 Å². The largest absolute Gasteiger partial charge is 0.396 e. The average Bonchev–Trinajstić information content (AvgIpc) is 2.60. The molecule has 0 spiro atoms. The van der Waals surface area contributed by atoms with Crippen molar-refractivity contribution in [3.63, 3.8) is 0 Å². The number of aliphatic hydroxyl groups excluding tert-OH is 1. The highest BCUT2D eigenvalue weighted by atomic mass is 16.5. The maximum atomic E-state index is 8.76. The topological polar surface area (TPSA) is 29.5 Å². The van der Waals surface area contributed by atoms with Crippen LogP contribution in [0, 0.1) is 11.8 Å². The average molecular weight is 128 g/mol. The number of hydrogen-bond donors (Lipinski definition) is 1. The normalized spacial score (nSPS) is 48.3. The molecule has 1 heterocycles. The van der Waals surface area contributed by atoms with Crippen molar-refractivity contribution in [2.75, 3.05) is 13.2 Å². The molecule has 3 unspecified atom stereocenters. The Hall–Kier alpha value is -0.0800. The van der Waals surface area contributed by atoms with Crippen LogP contribution in [0.4, 0.5) is 0 Å². The van der Waals surface area contributed by atoms with Crippen LogP contribution in [0.2, 0.25) is 0 Å². The molecule has 3 atom stereocenters. The van der Waals surface area contributed by atoms with E-state index in [9.17, 15) is 0 Å². The summed E-state index contributed by atoms with van der Waals surface area (Å²) in [7, 11) is 0. The molecule has 1 N–H and O–H groups in total. The van der Waals surface area contributed by atoms with Crippen LogP contribution < -0.4 is 0 Å². The van der Waals surface area contributed by atoms with Crippen LogP contribution in [0.1, 0.15) is 12.8 Å². The molecular formula is C7H12O2. The maximum Gasteiger partial charge on any atom is 0.0661 e. The maximum absolute atomic E-state index is 8.76. The Bertz CT molecular complexity index is 94.7. The molecular weight excluding hydrogens is 116 g/mol. The zero-order valence-electron chi connectivity index (χ0n) is 5.42. The van der Waals surface area contributed by atoms with Crippen LogP contribution in [-0.2, 0) is 4.74 Å². The summed E-state index contributed by atoms with van der Waals surface area (Å²) >= 11 is 0. The van der Waals surface area contributed by atoms with Crippen molar-refractivity contribution in [1.29, 1.82) is 0 Å². The molecule has 2 heteroatoms. The Morgan fingerprint density at radius 3 is 3.00 bits per heavy atom. The predicted molar refractivity (Wildman–Crippen MR) is 33.0 cm³/mol. The Kier molecular flexibility index (Phi) is 1.24. The van der Waals surface area contributed by atoms with E-state index in [4.69, 9.17) is 9.84 Å². The molecule has 1 saturated carbocycles. The molecule has 2 aliphatic rings. The van der Waals surface area contributed by atoms with Crippen LogP contribution in [0.5, 0.6) is 0 Å². The standard InChI is InChI=1S/C7H12O2/c8-4-6-5-2-1-3-9-7(5)6/h5-8H,1-4H2. The third-order valence-electron chi connectivity index (χ3n) is 2.46. The van der Waals surface area contributed by atoms with Crippen molar-refractivity contribution in [2.45, 2.75) is 18.9 Å². The first-order chi connectivity index (χ1) is 4.43. The molecule has 0 aromatic carbocycles. The Morgan fingerprint density at radius 1 is 1.56 bits per heavy atom. The molecule has 9 heavy (non-hydrogen) atoms. The number of hydrogen-bond acceptors (Lipinski definition) is 2. The fraction of sp³-hybridized carbons (Fsp3) is 1.00. The molecule has 1 aliphatic heterocycles. The third kappa shape index (κ3) is 0.775. The summed E-state index contributed by atoms with van der Waals surface area (Å²) in [5, 5.41) is 8.76. The molecule has 1 aliphatic carbocycles. The van der Waals surface area contributed by atoms with Gasteiger partial charge in [-0.05, 0) is 18.8 Å². The quantitative estimate of drug-likeness (QED) is 0.554. The number of fused-ring (bicyclic) bond motifs is 1. The van der Waals surface area contributed by atoms with Crippen molar-refractivity contribution in [2.24, 2.45) is 11.8 Å². The lowest BCUT2D eigenvalue weighted by molar-refractivity contribution is 0.0716. The number of rotatable bonds is 1. The SMILES string of the molecule is OCC1C2CCCOC12. The van der Waals surface area contributed by atoms with Gasteiger partial charge < -0.3 is 9.84 Å². The molecule has 52 valence electrons. The van der Waals surface area contributed by atoms with E-state index < -0.39 is 0 Å². The van der Waals surface area contributed by atoms with Crippen molar-refractivity contribution in [1.82, 2.24) is 0 Å². The lowest BCUT2D eigenvalue weighted by atomic mass is 10.2. The molecule has 0 radical (unpaired) electrons. The first-order valence-electron chi connectivity index (χ1n) is 3.66. The van der Waals surface area contributed by atoms with Gasteiger partial charge in [0.25, 0.3) is 0 Å². The molecule has 2 fully saturated rings. The van der Waals surface area contributed by atoms with Crippen LogP contribution in [0.25, 0.3) is 0 Å². The van der Waals surface area contributed by atoms with Gasteiger partial charge in [-0.2, -0.15) is 0 Å². The minimum atomic E-state index is 0.329. The molecule has 0 aromatic heterocycles. The second kappa shape index (κ2) is 1.96. The van der Waals surface area contributed by atoms with Gasteiger partial charge in [-0.3, -0.25) is 0 Å². The van der Waals surface area contributed by atoms with Gasteiger partial charge in [-0.15, -0.1) is 0 Å². The lowest BCUT2D eigenvalue weighted by Crippen LogP contribution is -2.06. The van der Waals surface area contributed by atoms with Crippen molar-refractivity contribution < 1.29 is 9.84 Å². The van der Waals surface area contributed by atoms with Crippen molar-refractivity contribution in [3.05, 3.63) is 0 Å². The van der Waals surface area contributed by atoms with Gasteiger partial charge in [-0.1, -0.05) is 0 Å². The van der Waals surface area contributed by atoms with E-state index in [0.29, 0.717) is 24.5 Å². The Balaban J connectivity index is 1.91. The van der Waals surface area contributed by atoms with Crippen LogP contribution in [-0.4, -0.2) is 24.4 Å². The van der Waals surface area contributed by atoms with Gasteiger partial charge in [0.1, 0.15) is 0 Å². The van der Waals surface area contributed by atoms with Crippen molar-refractivity contribution in [3.8, 4) is 0 Å². The summed E-state index contributed by atoms with van der Waals surface area (Å²) in [6, 6.07) is 0. The summed E-state index contributed by atoms with van der Waals surface area (Å²) in [5.74, 6) is 1.20. The third-order valence-corrected chi connectivity index (χ3v) is 2.46. The smallest absolute Gasteiger partial charge is 0.0661 e.